The Kier molecular flexibility index (Phi) is 4.37. The first kappa shape index (κ1) is 15.7. The van der Waals surface area contributed by atoms with Crippen LogP contribution in [0.3, 0.4) is 0 Å². The van der Waals surface area contributed by atoms with Gasteiger partial charge in [-0.2, -0.15) is 10.2 Å². The third kappa shape index (κ3) is 4.15. The molecule has 9 heteroatoms. The maximum atomic E-state index is 12.7. The van der Waals surface area contributed by atoms with Gasteiger partial charge in [0.2, 0.25) is 0 Å². The van der Waals surface area contributed by atoms with Gasteiger partial charge in [-0.3, -0.25) is 14.2 Å². The number of anilines is 1. The summed E-state index contributed by atoms with van der Waals surface area (Å²) in [6, 6.07) is 10.5. The Hall–Kier alpha value is -3.17. The molecule has 3 heterocycles. The number of nitrogens with zero attached hydrogens (tertiary/aromatic N) is 4. The van der Waals surface area contributed by atoms with E-state index in [0.717, 1.165) is 11.3 Å². The number of methoxy groups -OCH3 is 1. The van der Waals surface area contributed by atoms with Crippen molar-refractivity contribution in [1.29, 1.82) is 0 Å². The molecule has 1 aliphatic rings. The minimum absolute atomic E-state index is 0.108. The molecule has 1 aliphatic heterocycles. The average molecular weight is 400 g/mol. The Morgan fingerprint density at radius 3 is 2.93 bits per heavy atom. The van der Waals surface area contributed by atoms with Crippen LogP contribution in [0.15, 0.2) is 42.6 Å². The number of carbonyl (C=O) groups excluding carboxylic acids is 1. The lowest BCUT2D eigenvalue weighted by atomic mass is 10.1. The van der Waals surface area contributed by atoms with E-state index in [2.05, 4.69) is 15.5 Å². The summed E-state index contributed by atoms with van der Waals surface area (Å²) in [6.45, 7) is -1.96. The molecule has 0 spiro atoms. The molecule has 29 heavy (non-hydrogen) atoms. The number of nitrogens with one attached hydrogen (secondary N) is 1. The summed E-state index contributed by atoms with van der Waals surface area (Å²) in [5, 5.41) is 20.7. The molecule has 0 radical (unpaired) electrons. The highest BCUT2D eigenvalue weighted by Gasteiger charge is 2.29. The van der Waals surface area contributed by atoms with E-state index in [0.29, 0.717) is 23.3 Å². The zero-order valence-corrected chi connectivity index (χ0v) is 15.8. The van der Waals surface area contributed by atoms with Gasteiger partial charge >= 0.3 is 0 Å². The minimum atomic E-state index is -2.58. The van der Waals surface area contributed by atoms with Crippen molar-refractivity contribution in [2.75, 3.05) is 19.0 Å². The molecular formula is C20H23N5O4. The van der Waals surface area contributed by atoms with Crippen molar-refractivity contribution in [2.45, 2.75) is 25.2 Å². The van der Waals surface area contributed by atoms with E-state index in [1.165, 1.54) is 12.3 Å². The number of aryl methyl sites for hydroxylation is 1. The fraction of sp³-hybridized carbons (Fsp3) is 0.350. The fourth-order valence-corrected chi connectivity index (χ4v) is 3.25. The predicted octanol–water partition coefficient (Wildman–Crippen LogP) is 1.75. The molecule has 152 valence electrons. The van der Waals surface area contributed by atoms with Crippen LogP contribution in [0.2, 0.25) is 0 Å². The first-order valence-electron chi connectivity index (χ1n) is 10.6. The molecular weight excluding hydrogens is 374 g/mol. The number of benzene rings is 1. The number of aliphatic hydroxyl groups excluding tert-OH is 1. The summed E-state index contributed by atoms with van der Waals surface area (Å²) in [7, 11) is 1.59. The summed E-state index contributed by atoms with van der Waals surface area (Å²) < 4.78 is 35.8. The average Bonchev–Trinajstić information content (AvgIpc) is 3.48. The second-order valence-electron chi connectivity index (χ2n) is 6.75. The molecule has 1 amide bonds. The topological polar surface area (TPSA) is 103 Å². The molecule has 0 saturated carbocycles. The van der Waals surface area contributed by atoms with Gasteiger partial charge < -0.3 is 19.9 Å². The van der Waals surface area contributed by atoms with Crippen molar-refractivity contribution in [3.8, 4) is 5.75 Å². The first-order valence-corrected chi connectivity index (χ1v) is 9.11. The van der Waals surface area contributed by atoms with Gasteiger partial charge in [0.05, 0.1) is 32.1 Å². The van der Waals surface area contributed by atoms with E-state index < -0.39 is 19.0 Å². The lowest BCUT2D eigenvalue weighted by molar-refractivity contribution is 0.0844. The molecule has 2 aromatic heterocycles. The predicted molar refractivity (Wildman–Crippen MR) is 105 cm³/mol. The second-order valence-corrected chi connectivity index (χ2v) is 6.75. The standard InChI is InChI=1S/C20H23N5O4/c1-24-16(7-8-21-24)20(27)22-19-10-17(18-9-14(26)12-29-18)25(23-19)11-13-3-5-15(28-2)6-4-13/h3-8,10,14,18,26H,9,11-12H2,1-2H3,(H,22,23,27)/t14-,18-/m1/s1/i1D3. The van der Waals surface area contributed by atoms with Crippen LogP contribution in [-0.4, -0.2) is 50.4 Å². The van der Waals surface area contributed by atoms with Crippen molar-refractivity contribution in [3.05, 3.63) is 59.5 Å². The maximum Gasteiger partial charge on any atom is 0.275 e. The van der Waals surface area contributed by atoms with Gasteiger partial charge in [-0.25, -0.2) is 0 Å². The summed E-state index contributed by atoms with van der Waals surface area (Å²) in [5.41, 5.74) is 1.54. The van der Waals surface area contributed by atoms with Gasteiger partial charge in [0.1, 0.15) is 17.5 Å². The molecule has 0 aliphatic carbocycles. The summed E-state index contributed by atoms with van der Waals surface area (Å²) >= 11 is 0. The zero-order chi connectivity index (χ0) is 22.9. The Morgan fingerprint density at radius 1 is 1.41 bits per heavy atom. The van der Waals surface area contributed by atoms with E-state index in [1.54, 1.807) is 17.9 Å². The monoisotopic (exact) mass is 400 g/mol. The highest BCUT2D eigenvalue weighted by molar-refractivity contribution is 6.02. The second kappa shape index (κ2) is 8.06. The Balaban J connectivity index is 1.60. The van der Waals surface area contributed by atoms with Gasteiger partial charge in [-0.1, -0.05) is 12.1 Å². The number of hydrogen-bond donors (Lipinski definition) is 2. The maximum absolute atomic E-state index is 12.7. The van der Waals surface area contributed by atoms with Crippen LogP contribution in [0.25, 0.3) is 0 Å². The molecule has 1 saturated heterocycles. The van der Waals surface area contributed by atoms with E-state index in [-0.39, 0.29) is 24.2 Å². The molecule has 2 atom stereocenters. The van der Waals surface area contributed by atoms with Crippen LogP contribution in [0.5, 0.6) is 5.75 Å². The van der Waals surface area contributed by atoms with E-state index in [9.17, 15) is 9.90 Å². The number of carbonyl (C=O) groups is 1. The molecule has 0 bridgehead atoms. The van der Waals surface area contributed by atoms with Gasteiger partial charge in [0.15, 0.2) is 5.82 Å². The van der Waals surface area contributed by atoms with Crippen molar-refractivity contribution >= 4 is 11.7 Å². The Morgan fingerprint density at radius 2 is 2.24 bits per heavy atom. The van der Waals surface area contributed by atoms with Crippen molar-refractivity contribution < 1.29 is 23.5 Å². The molecule has 1 aromatic carbocycles. The summed E-state index contributed by atoms with van der Waals surface area (Å²) in [4.78, 5) is 12.7. The molecule has 3 aromatic rings. The van der Waals surface area contributed by atoms with Crippen LogP contribution in [-0.2, 0) is 18.3 Å². The van der Waals surface area contributed by atoms with Crippen LogP contribution in [0, 0.1) is 0 Å². The zero-order valence-electron chi connectivity index (χ0n) is 18.8. The number of amides is 1. The lowest BCUT2D eigenvalue weighted by Gasteiger charge is -2.12. The van der Waals surface area contributed by atoms with Gasteiger partial charge in [0, 0.05) is 29.8 Å². The highest BCUT2D eigenvalue weighted by atomic mass is 16.5. The van der Waals surface area contributed by atoms with Crippen molar-refractivity contribution in [3.63, 3.8) is 0 Å². The molecule has 4 rings (SSSR count). The van der Waals surface area contributed by atoms with E-state index >= 15 is 0 Å². The third-order valence-electron chi connectivity index (χ3n) is 4.73. The van der Waals surface area contributed by atoms with Gasteiger partial charge in [-0.15, -0.1) is 0 Å². The molecule has 2 N–H and O–H groups in total. The van der Waals surface area contributed by atoms with Crippen molar-refractivity contribution in [1.82, 2.24) is 19.6 Å². The number of aromatic nitrogens is 4. The molecule has 1 fully saturated rings. The first-order chi connectivity index (χ1) is 15.2. The quantitative estimate of drug-likeness (QED) is 0.653. The van der Waals surface area contributed by atoms with Crippen LogP contribution >= 0.6 is 0 Å². The van der Waals surface area contributed by atoms with Crippen LogP contribution < -0.4 is 10.1 Å². The highest BCUT2D eigenvalue weighted by Crippen LogP contribution is 2.31. The Bertz CT molecular complexity index is 1090. The van der Waals surface area contributed by atoms with Crippen molar-refractivity contribution in [2.24, 2.45) is 6.98 Å². The molecule has 9 nitrogen and oxygen atoms in total. The summed E-state index contributed by atoms with van der Waals surface area (Å²) in [5.74, 6) is 0.323. The number of rotatable bonds is 6. The van der Waals surface area contributed by atoms with E-state index in [1.807, 2.05) is 24.3 Å². The number of aliphatic hydroxyl groups is 1. The van der Waals surface area contributed by atoms with E-state index in [4.69, 9.17) is 13.6 Å². The SMILES string of the molecule is [2H]C([2H])([2H])n1nccc1C(=O)Nc1cc([C@H]2C[C@@H](O)CO2)n(Cc2ccc(OC)cc2)n1. The van der Waals surface area contributed by atoms with Crippen LogP contribution in [0.4, 0.5) is 5.82 Å². The van der Waals surface area contributed by atoms with Gasteiger partial charge in [0.25, 0.3) is 5.91 Å². The van der Waals surface area contributed by atoms with Gasteiger partial charge in [-0.05, 0) is 23.8 Å². The van der Waals surface area contributed by atoms with Crippen LogP contribution in [0.1, 0.15) is 38.4 Å². The largest absolute Gasteiger partial charge is 0.497 e. The normalized spacial score (nSPS) is 20.7. The smallest absolute Gasteiger partial charge is 0.275 e. The minimum Gasteiger partial charge on any atom is -0.497 e. The molecule has 0 unspecified atom stereocenters. The Labute approximate surface area is 172 Å². The lowest BCUT2D eigenvalue weighted by Crippen LogP contribution is -2.16. The number of hydrogen-bond acceptors (Lipinski definition) is 6. The number of ether oxygens (including phenoxy) is 2. The fourth-order valence-electron chi connectivity index (χ4n) is 3.25. The third-order valence-corrected chi connectivity index (χ3v) is 4.73. The summed E-state index contributed by atoms with van der Waals surface area (Å²) in [6.07, 6.45) is 0.710.